The van der Waals surface area contributed by atoms with Crippen molar-refractivity contribution in [3.8, 4) is 17.2 Å². The van der Waals surface area contributed by atoms with Gasteiger partial charge in [0.2, 0.25) is 5.75 Å². The van der Waals surface area contributed by atoms with Gasteiger partial charge in [-0.25, -0.2) is 15.0 Å². The van der Waals surface area contributed by atoms with Crippen LogP contribution in [0.25, 0.3) is 11.0 Å². The number of methoxy groups -OCH3 is 3. The number of carbonyl (C=O) groups is 1. The van der Waals surface area contributed by atoms with Gasteiger partial charge in [0.05, 0.1) is 27.0 Å². The first-order valence-corrected chi connectivity index (χ1v) is 10.2. The molecule has 0 spiro atoms. The summed E-state index contributed by atoms with van der Waals surface area (Å²) >= 11 is 0. The minimum Gasteiger partial charge on any atom is -0.493 e. The Morgan fingerprint density at radius 1 is 1.03 bits per heavy atom. The molecule has 8 heteroatoms. The average Bonchev–Trinajstić information content (AvgIpc) is 2.82. The van der Waals surface area contributed by atoms with Gasteiger partial charge in [0.1, 0.15) is 5.82 Å². The van der Waals surface area contributed by atoms with E-state index < -0.39 is 0 Å². The van der Waals surface area contributed by atoms with Crippen LogP contribution >= 0.6 is 0 Å². The Balaban J connectivity index is 1.54. The van der Waals surface area contributed by atoms with Gasteiger partial charge in [-0.3, -0.25) is 4.79 Å². The van der Waals surface area contributed by atoms with Crippen LogP contribution < -0.4 is 14.2 Å². The zero-order chi connectivity index (χ0) is 22.0. The van der Waals surface area contributed by atoms with E-state index in [0.717, 1.165) is 35.4 Å². The average molecular weight is 422 g/mol. The van der Waals surface area contributed by atoms with Crippen LogP contribution in [0.15, 0.2) is 30.5 Å². The molecule has 1 saturated heterocycles. The number of nitrogens with zero attached hydrogens (tertiary/aromatic N) is 4. The maximum Gasteiger partial charge on any atom is 0.254 e. The molecule has 3 heterocycles. The van der Waals surface area contributed by atoms with E-state index in [1.165, 1.54) is 0 Å². The lowest BCUT2D eigenvalue weighted by Gasteiger charge is -2.32. The lowest BCUT2D eigenvalue weighted by atomic mass is 9.91. The predicted octanol–water partition coefficient (Wildman–Crippen LogP) is 3.38. The Morgan fingerprint density at radius 2 is 1.71 bits per heavy atom. The van der Waals surface area contributed by atoms with Crippen LogP contribution in [0.1, 0.15) is 40.6 Å². The molecular weight excluding hydrogens is 396 g/mol. The molecule has 0 N–H and O–H groups in total. The number of amides is 1. The highest BCUT2D eigenvalue weighted by Gasteiger charge is 2.28. The fourth-order valence-corrected chi connectivity index (χ4v) is 4.15. The summed E-state index contributed by atoms with van der Waals surface area (Å²) in [4.78, 5) is 28.6. The molecule has 3 aromatic rings. The van der Waals surface area contributed by atoms with Gasteiger partial charge in [0.15, 0.2) is 17.1 Å². The summed E-state index contributed by atoms with van der Waals surface area (Å²) in [6.45, 7) is 3.18. The number of rotatable bonds is 5. The van der Waals surface area contributed by atoms with Crippen molar-refractivity contribution in [2.45, 2.75) is 25.7 Å². The smallest absolute Gasteiger partial charge is 0.254 e. The second kappa shape index (κ2) is 8.75. The van der Waals surface area contributed by atoms with Gasteiger partial charge in [0.25, 0.3) is 5.91 Å². The fraction of sp³-hybridized carbons (Fsp3) is 0.391. The Kier molecular flexibility index (Phi) is 5.88. The highest BCUT2D eigenvalue weighted by Crippen LogP contribution is 2.39. The van der Waals surface area contributed by atoms with Crippen LogP contribution in [0.5, 0.6) is 17.2 Å². The number of hydrogen-bond acceptors (Lipinski definition) is 7. The topological polar surface area (TPSA) is 86.7 Å². The van der Waals surface area contributed by atoms with Crippen molar-refractivity contribution >= 4 is 16.9 Å². The minimum absolute atomic E-state index is 0.0527. The monoisotopic (exact) mass is 422 g/mol. The Hall–Kier alpha value is -3.42. The standard InChI is InChI=1S/C23H26N4O4/c1-14-25-20(17-6-5-9-24-22(17)26-14)15-7-10-27(11-8-15)23(28)16-12-18(29-2)21(31-4)19(13-16)30-3/h5-6,9,12-13,15H,7-8,10-11H2,1-4H3. The van der Waals surface area contributed by atoms with E-state index in [2.05, 4.69) is 9.97 Å². The first-order chi connectivity index (χ1) is 15.0. The number of carbonyl (C=O) groups excluding carboxylic acids is 1. The lowest BCUT2D eigenvalue weighted by molar-refractivity contribution is 0.0711. The Bertz CT molecular complexity index is 1080. The Labute approximate surface area is 181 Å². The van der Waals surface area contributed by atoms with E-state index in [9.17, 15) is 4.79 Å². The molecular formula is C23H26N4O4. The molecule has 8 nitrogen and oxygen atoms in total. The summed E-state index contributed by atoms with van der Waals surface area (Å²) in [6, 6.07) is 7.32. The second-order valence-electron chi connectivity index (χ2n) is 7.51. The summed E-state index contributed by atoms with van der Waals surface area (Å²) in [6.07, 6.45) is 3.41. The molecule has 1 aliphatic rings. The van der Waals surface area contributed by atoms with E-state index in [0.29, 0.717) is 35.9 Å². The molecule has 1 aromatic carbocycles. The zero-order valence-corrected chi connectivity index (χ0v) is 18.2. The number of likely N-dealkylation sites (tertiary alicyclic amines) is 1. The van der Waals surface area contributed by atoms with Gasteiger partial charge in [-0.2, -0.15) is 0 Å². The summed E-state index contributed by atoms with van der Waals surface area (Å²) in [5, 5.41) is 0.988. The van der Waals surface area contributed by atoms with Crippen molar-refractivity contribution in [2.24, 2.45) is 0 Å². The number of piperidine rings is 1. The fourth-order valence-electron chi connectivity index (χ4n) is 4.15. The van der Waals surface area contributed by atoms with Crippen LogP contribution in [0.2, 0.25) is 0 Å². The van der Waals surface area contributed by atoms with Crippen molar-refractivity contribution in [1.29, 1.82) is 0 Å². The maximum absolute atomic E-state index is 13.2. The van der Waals surface area contributed by atoms with E-state index in [4.69, 9.17) is 19.2 Å². The third-order valence-corrected chi connectivity index (χ3v) is 5.69. The molecule has 162 valence electrons. The number of fused-ring (bicyclic) bond motifs is 1. The zero-order valence-electron chi connectivity index (χ0n) is 18.2. The quantitative estimate of drug-likeness (QED) is 0.623. The second-order valence-corrected chi connectivity index (χ2v) is 7.51. The first-order valence-electron chi connectivity index (χ1n) is 10.2. The van der Waals surface area contributed by atoms with Crippen LogP contribution in [0.3, 0.4) is 0 Å². The van der Waals surface area contributed by atoms with E-state index in [1.807, 2.05) is 24.0 Å². The summed E-state index contributed by atoms with van der Waals surface area (Å²) in [7, 11) is 4.63. The van der Waals surface area contributed by atoms with Gasteiger partial charge in [-0.15, -0.1) is 0 Å². The SMILES string of the molecule is COc1cc(C(=O)N2CCC(c3nc(C)nc4ncccc34)CC2)cc(OC)c1OC. The van der Waals surface area contributed by atoms with Crippen LogP contribution in [-0.2, 0) is 0 Å². The molecule has 31 heavy (non-hydrogen) atoms. The lowest BCUT2D eigenvalue weighted by Crippen LogP contribution is -2.38. The third kappa shape index (κ3) is 3.97. The maximum atomic E-state index is 13.2. The summed E-state index contributed by atoms with van der Waals surface area (Å²) < 4.78 is 16.1. The summed E-state index contributed by atoms with van der Waals surface area (Å²) in [5.41, 5.74) is 2.26. The van der Waals surface area contributed by atoms with E-state index >= 15 is 0 Å². The van der Waals surface area contributed by atoms with E-state index in [1.54, 1.807) is 39.7 Å². The number of pyridine rings is 1. The van der Waals surface area contributed by atoms with Gasteiger partial charge in [-0.05, 0) is 44.0 Å². The number of hydrogen-bond donors (Lipinski definition) is 0. The molecule has 0 aliphatic carbocycles. The van der Waals surface area contributed by atoms with Crippen molar-refractivity contribution in [3.05, 3.63) is 47.5 Å². The first kappa shape index (κ1) is 20.8. The highest BCUT2D eigenvalue weighted by atomic mass is 16.5. The third-order valence-electron chi connectivity index (χ3n) is 5.69. The van der Waals surface area contributed by atoms with Crippen LogP contribution in [-0.4, -0.2) is 60.2 Å². The molecule has 4 rings (SSSR count). The number of aromatic nitrogens is 3. The number of aryl methyl sites for hydroxylation is 1. The molecule has 0 atom stereocenters. The highest BCUT2D eigenvalue weighted by molar-refractivity contribution is 5.95. The molecule has 0 bridgehead atoms. The molecule has 1 amide bonds. The molecule has 1 fully saturated rings. The largest absolute Gasteiger partial charge is 0.493 e. The number of ether oxygens (including phenoxy) is 3. The molecule has 1 aliphatic heterocycles. The molecule has 2 aromatic heterocycles. The van der Waals surface area contributed by atoms with Gasteiger partial charge in [-0.1, -0.05) is 0 Å². The normalized spacial score (nSPS) is 14.5. The number of benzene rings is 1. The van der Waals surface area contributed by atoms with E-state index in [-0.39, 0.29) is 11.8 Å². The molecule has 0 radical (unpaired) electrons. The van der Waals surface area contributed by atoms with Gasteiger partial charge >= 0.3 is 0 Å². The van der Waals surface area contributed by atoms with Crippen molar-refractivity contribution < 1.29 is 19.0 Å². The Morgan fingerprint density at radius 3 is 2.32 bits per heavy atom. The van der Waals surface area contributed by atoms with Gasteiger partial charge in [0, 0.05) is 36.2 Å². The molecule has 0 saturated carbocycles. The predicted molar refractivity (Wildman–Crippen MR) is 116 cm³/mol. The van der Waals surface area contributed by atoms with Crippen LogP contribution in [0.4, 0.5) is 0 Å². The van der Waals surface area contributed by atoms with Crippen molar-refractivity contribution in [3.63, 3.8) is 0 Å². The molecule has 0 unspecified atom stereocenters. The van der Waals surface area contributed by atoms with Crippen molar-refractivity contribution in [2.75, 3.05) is 34.4 Å². The summed E-state index contributed by atoms with van der Waals surface area (Å²) in [5.74, 6) is 2.34. The van der Waals surface area contributed by atoms with Crippen LogP contribution in [0, 0.1) is 6.92 Å². The van der Waals surface area contributed by atoms with Gasteiger partial charge < -0.3 is 19.1 Å². The van der Waals surface area contributed by atoms with Crippen molar-refractivity contribution in [1.82, 2.24) is 19.9 Å². The minimum atomic E-state index is -0.0527.